The summed E-state index contributed by atoms with van der Waals surface area (Å²) in [4.78, 5) is 27.0. The van der Waals surface area contributed by atoms with Crippen LogP contribution in [0.3, 0.4) is 0 Å². The van der Waals surface area contributed by atoms with Crippen molar-refractivity contribution in [1.82, 2.24) is 0 Å². The van der Waals surface area contributed by atoms with Gasteiger partial charge in [0.1, 0.15) is 61.5 Å². The molecule has 1 aromatic rings. The minimum absolute atomic E-state index is 0.0705. The first-order valence-corrected chi connectivity index (χ1v) is 18.5. The Hall–Kier alpha value is -3.80. The minimum atomic E-state index is -1.75. The first-order valence-electron chi connectivity index (χ1n) is 18.5. The van der Waals surface area contributed by atoms with Crippen LogP contribution in [0.25, 0.3) is 0 Å². The number of ether oxygens (including phenoxy) is 8. The fourth-order valence-electron chi connectivity index (χ4n) is 8.03. The molecule has 19 heteroatoms. The Bertz CT molecular complexity index is 1720. The molecule has 2 saturated heterocycles. The Morgan fingerprint density at radius 2 is 1.40 bits per heavy atom. The number of hydrogen-bond acceptors (Lipinski definition) is 19. The topological polar surface area (TPSA) is 290 Å². The fraction of sp³-hybridized carbons (Fsp3) is 0.579. The van der Waals surface area contributed by atoms with E-state index in [1.807, 2.05) is 0 Å². The maximum absolute atomic E-state index is 14.0. The van der Waals surface area contributed by atoms with Gasteiger partial charge in [-0.05, 0) is 48.3 Å². The molecule has 0 aromatic heterocycles. The number of fused-ring (bicyclic) bond motifs is 2. The zero-order valence-electron chi connectivity index (χ0n) is 30.3. The molecule has 4 heterocycles. The Balaban J connectivity index is 1.11. The molecular weight excluding hydrogens is 760 g/mol. The van der Waals surface area contributed by atoms with Gasteiger partial charge in [0.25, 0.3) is 0 Å². The van der Waals surface area contributed by atoms with E-state index >= 15 is 0 Å². The Morgan fingerprint density at radius 1 is 0.754 bits per heavy atom. The zero-order valence-corrected chi connectivity index (χ0v) is 30.3. The van der Waals surface area contributed by atoms with Gasteiger partial charge in [0, 0.05) is 17.4 Å². The van der Waals surface area contributed by atoms with Crippen LogP contribution in [-0.4, -0.2) is 164 Å². The van der Waals surface area contributed by atoms with Crippen molar-refractivity contribution in [3.63, 3.8) is 0 Å². The smallest absolute Gasteiger partial charge is 0.338 e. The molecule has 1 aromatic carbocycles. The Labute approximate surface area is 325 Å². The quantitative estimate of drug-likeness (QED) is 0.0771. The normalized spacial score (nSPS) is 39.9. The molecule has 7 rings (SSSR count). The van der Waals surface area contributed by atoms with Gasteiger partial charge in [-0.2, -0.15) is 0 Å². The molecule has 57 heavy (non-hydrogen) atoms. The molecule has 0 bridgehead atoms. The number of carbonyl (C=O) groups is 2. The maximum atomic E-state index is 14.0. The second-order valence-corrected chi connectivity index (χ2v) is 14.5. The van der Waals surface area contributed by atoms with Gasteiger partial charge in [-0.15, -0.1) is 0 Å². The second kappa shape index (κ2) is 17.6. The van der Waals surface area contributed by atoms with Gasteiger partial charge >= 0.3 is 11.9 Å². The van der Waals surface area contributed by atoms with Crippen molar-refractivity contribution in [2.75, 3.05) is 26.4 Å². The molecule has 4 aliphatic heterocycles. The lowest BCUT2D eigenvalue weighted by molar-refractivity contribution is -0.339. The van der Waals surface area contributed by atoms with E-state index in [0.29, 0.717) is 29.6 Å². The monoisotopic (exact) mass is 806 g/mol. The molecule has 0 saturated carbocycles. The largest absolute Gasteiger partial charge is 0.472 e. The standard InChI is InChI=1S/C38H46O19/c39-11-17-6-7-19-21(15-52-36(25(17)19)57-38-32(47)30(45)28(43)24(13-41)55-38)34(49)53-22-10-18(14-51-33(48)16-4-2-1-3-5-16)26-20(22)8-9-50-35(26)56-37-31(46)29(44)27(42)23(12-40)54-37/h1-5,8-10,15,19-20,22-24,26-32,35-47H,6-7,11-14H2/t19-,20-,22-,23-,24+,26+,27-,28+,29+,30-,31-,32+,35+,36+,37+,38-/m1/s1. The number of aliphatic hydroxyl groups is 9. The molecular formula is C38H46O19. The third kappa shape index (κ3) is 8.13. The molecule has 0 amide bonds. The number of carbonyl (C=O) groups excluding carboxylic acids is 2. The summed E-state index contributed by atoms with van der Waals surface area (Å²) in [6.45, 7) is -2.09. The van der Waals surface area contributed by atoms with Gasteiger partial charge in [-0.25, -0.2) is 9.59 Å². The van der Waals surface area contributed by atoms with E-state index in [2.05, 4.69) is 0 Å². The van der Waals surface area contributed by atoms with Crippen LogP contribution in [-0.2, 0) is 42.7 Å². The highest BCUT2D eigenvalue weighted by Crippen LogP contribution is 2.46. The summed E-state index contributed by atoms with van der Waals surface area (Å²) in [5.74, 6) is -3.64. The van der Waals surface area contributed by atoms with E-state index in [9.17, 15) is 55.5 Å². The van der Waals surface area contributed by atoms with Gasteiger partial charge < -0.3 is 83.9 Å². The second-order valence-electron chi connectivity index (χ2n) is 14.5. The summed E-state index contributed by atoms with van der Waals surface area (Å²) < 4.78 is 46.2. The van der Waals surface area contributed by atoms with Crippen molar-refractivity contribution in [2.24, 2.45) is 17.8 Å². The number of hydrogen-bond donors (Lipinski definition) is 9. The fourth-order valence-corrected chi connectivity index (χ4v) is 8.03. The summed E-state index contributed by atoms with van der Waals surface area (Å²) in [5, 5.41) is 91.8. The lowest BCUT2D eigenvalue weighted by Gasteiger charge is -2.42. The molecule has 0 spiro atoms. The third-order valence-electron chi connectivity index (χ3n) is 11.1. The molecule has 16 atom stereocenters. The van der Waals surface area contributed by atoms with Crippen molar-refractivity contribution in [3.05, 3.63) is 82.9 Å². The molecule has 0 unspecified atom stereocenters. The van der Waals surface area contributed by atoms with Crippen molar-refractivity contribution in [2.45, 2.75) is 92.9 Å². The Morgan fingerprint density at radius 3 is 2.04 bits per heavy atom. The van der Waals surface area contributed by atoms with Crippen molar-refractivity contribution >= 4 is 11.9 Å². The van der Waals surface area contributed by atoms with Gasteiger partial charge in [0.2, 0.25) is 12.6 Å². The summed E-state index contributed by atoms with van der Waals surface area (Å²) in [5.41, 5.74) is 1.63. The van der Waals surface area contributed by atoms with Crippen LogP contribution in [0.1, 0.15) is 23.2 Å². The van der Waals surface area contributed by atoms with Crippen molar-refractivity contribution < 1.29 is 93.4 Å². The van der Waals surface area contributed by atoms with Crippen LogP contribution >= 0.6 is 0 Å². The summed E-state index contributed by atoms with van der Waals surface area (Å²) in [6, 6.07) is 8.22. The molecule has 312 valence electrons. The van der Waals surface area contributed by atoms with E-state index in [0.717, 1.165) is 6.26 Å². The van der Waals surface area contributed by atoms with Crippen LogP contribution in [0.2, 0.25) is 0 Å². The Kier molecular flexibility index (Phi) is 12.8. The lowest BCUT2D eigenvalue weighted by atomic mass is 9.87. The van der Waals surface area contributed by atoms with Gasteiger partial charge in [-0.1, -0.05) is 18.2 Å². The van der Waals surface area contributed by atoms with Gasteiger partial charge in [0.15, 0.2) is 12.6 Å². The van der Waals surface area contributed by atoms with Gasteiger partial charge in [0.05, 0.1) is 49.4 Å². The first-order chi connectivity index (χ1) is 27.4. The van der Waals surface area contributed by atoms with E-state index in [1.54, 1.807) is 42.5 Å². The van der Waals surface area contributed by atoms with Crippen LogP contribution in [0, 0.1) is 17.8 Å². The van der Waals surface area contributed by atoms with Crippen LogP contribution in [0.4, 0.5) is 0 Å². The number of aliphatic hydroxyl groups excluding tert-OH is 9. The molecule has 19 nitrogen and oxygen atoms in total. The van der Waals surface area contributed by atoms with E-state index < -0.39 is 130 Å². The molecule has 0 radical (unpaired) electrons. The highest BCUT2D eigenvalue weighted by molar-refractivity contribution is 5.90. The lowest BCUT2D eigenvalue weighted by Crippen LogP contribution is -2.60. The molecule has 6 aliphatic rings. The SMILES string of the molecule is O=C(O[C@@H]1C=C(COC(=O)c2ccccc2)[C@@H]2[C@H](O[C@@H]3O[C@H](CO)[C@@H](O)[C@H](O)[C@H]3O)OC=C[C@@H]21)C1=CO[C@@H](O[C@H]2O[C@@H](CO)[C@H](O)[C@@H](O)[C@@H]2O)C2=C(CO)CC[C@H]12. The average Bonchev–Trinajstić information content (AvgIpc) is 3.82. The third-order valence-corrected chi connectivity index (χ3v) is 11.1. The predicted octanol–water partition coefficient (Wildman–Crippen LogP) is -2.63. The van der Waals surface area contributed by atoms with Crippen LogP contribution < -0.4 is 0 Å². The molecule has 2 fully saturated rings. The van der Waals surface area contributed by atoms with Gasteiger partial charge in [-0.3, -0.25) is 0 Å². The molecule has 2 aliphatic carbocycles. The maximum Gasteiger partial charge on any atom is 0.338 e. The summed E-state index contributed by atoms with van der Waals surface area (Å²) in [7, 11) is 0. The number of rotatable bonds is 12. The van der Waals surface area contributed by atoms with Crippen LogP contribution in [0.5, 0.6) is 0 Å². The number of benzene rings is 1. The van der Waals surface area contributed by atoms with Crippen LogP contribution in [0.15, 0.2) is 77.3 Å². The van der Waals surface area contributed by atoms with Crippen molar-refractivity contribution in [3.8, 4) is 0 Å². The van der Waals surface area contributed by atoms with E-state index in [1.165, 1.54) is 6.26 Å². The zero-order chi connectivity index (χ0) is 40.5. The van der Waals surface area contributed by atoms with Crippen molar-refractivity contribution in [1.29, 1.82) is 0 Å². The predicted molar refractivity (Wildman–Crippen MR) is 185 cm³/mol. The van der Waals surface area contributed by atoms with E-state index in [-0.39, 0.29) is 17.7 Å². The highest BCUT2D eigenvalue weighted by Gasteiger charge is 2.52. The summed E-state index contributed by atoms with van der Waals surface area (Å²) in [6.07, 6.45) is -13.1. The van der Waals surface area contributed by atoms with E-state index in [4.69, 9.17) is 37.9 Å². The highest BCUT2D eigenvalue weighted by atomic mass is 16.8. The minimum Gasteiger partial charge on any atom is -0.472 e. The molecule has 9 N–H and O–H groups in total. The first kappa shape index (κ1) is 41.4. The summed E-state index contributed by atoms with van der Waals surface area (Å²) >= 11 is 0. The number of esters is 2. The average molecular weight is 807 g/mol.